The normalized spacial score (nSPS) is 16.8. The monoisotopic (exact) mass is 359 g/mol. The van der Waals surface area contributed by atoms with E-state index in [1.807, 2.05) is 18.5 Å². The van der Waals surface area contributed by atoms with Crippen molar-refractivity contribution >= 4 is 22.8 Å². The Balaban J connectivity index is 1.62. The van der Waals surface area contributed by atoms with Crippen molar-refractivity contribution in [2.75, 3.05) is 0 Å². The molecule has 128 valence electrons. The van der Waals surface area contributed by atoms with Gasteiger partial charge < -0.3 is 0 Å². The molecule has 0 saturated carbocycles. The fraction of sp³-hybridized carbons (Fsp3) is 0.190. The molecule has 0 aliphatic heterocycles. The SMILES string of the molecule is Cc1ccc(-c2cnn3cc4c(nc23)CC(c2cccs2)CC4=O)cc1. The number of ketones is 1. The van der Waals surface area contributed by atoms with Crippen LogP contribution in [-0.2, 0) is 6.42 Å². The molecule has 1 aliphatic rings. The van der Waals surface area contributed by atoms with Crippen LogP contribution in [0.1, 0.15) is 38.8 Å². The number of hydrogen-bond donors (Lipinski definition) is 0. The van der Waals surface area contributed by atoms with Gasteiger partial charge in [0.15, 0.2) is 11.4 Å². The molecular formula is C21H17N3OS. The number of carbonyl (C=O) groups excluding carboxylic acids is 1. The topological polar surface area (TPSA) is 47.3 Å². The highest BCUT2D eigenvalue weighted by molar-refractivity contribution is 7.10. The van der Waals surface area contributed by atoms with Gasteiger partial charge >= 0.3 is 0 Å². The van der Waals surface area contributed by atoms with Crippen LogP contribution in [0.3, 0.4) is 0 Å². The third kappa shape index (κ3) is 2.47. The van der Waals surface area contributed by atoms with E-state index in [2.05, 4.69) is 47.7 Å². The Morgan fingerprint density at radius 1 is 1.12 bits per heavy atom. The predicted molar refractivity (Wildman–Crippen MR) is 103 cm³/mol. The van der Waals surface area contributed by atoms with E-state index in [1.165, 1.54) is 10.4 Å². The fourth-order valence-electron chi connectivity index (χ4n) is 3.64. The first-order valence-corrected chi connectivity index (χ1v) is 9.58. The van der Waals surface area contributed by atoms with Crippen LogP contribution in [-0.4, -0.2) is 20.4 Å². The lowest BCUT2D eigenvalue weighted by molar-refractivity contribution is 0.0963. The summed E-state index contributed by atoms with van der Waals surface area (Å²) >= 11 is 1.72. The molecule has 3 heterocycles. The van der Waals surface area contributed by atoms with Gasteiger partial charge in [0.05, 0.1) is 17.5 Å². The van der Waals surface area contributed by atoms with Crippen LogP contribution in [0.5, 0.6) is 0 Å². The summed E-state index contributed by atoms with van der Waals surface area (Å²) in [7, 11) is 0. The van der Waals surface area contributed by atoms with E-state index >= 15 is 0 Å². The van der Waals surface area contributed by atoms with Gasteiger partial charge in [0.25, 0.3) is 0 Å². The molecule has 1 atom stereocenters. The molecule has 0 saturated heterocycles. The second kappa shape index (κ2) is 5.88. The summed E-state index contributed by atoms with van der Waals surface area (Å²) in [5.41, 5.74) is 5.73. The zero-order valence-corrected chi connectivity index (χ0v) is 15.2. The number of thiophene rings is 1. The van der Waals surface area contributed by atoms with Crippen LogP contribution in [0, 0.1) is 6.92 Å². The predicted octanol–water partition coefficient (Wildman–Crippen LogP) is 4.68. The quantitative estimate of drug-likeness (QED) is 0.522. The largest absolute Gasteiger partial charge is 0.294 e. The zero-order chi connectivity index (χ0) is 17.7. The third-order valence-electron chi connectivity index (χ3n) is 5.05. The number of benzene rings is 1. The van der Waals surface area contributed by atoms with Crippen molar-refractivity contribution in [2.45, 2.75) is 25.7 Å². The minimum atomic E-state index is 0.159. The van der Waals surface area contributed by atoms with Crippen molar-refractivity contribution in [2.24, 2.45) is 0 Å². The Hall–Kier alpha value is -2.79. The second-order valence-electron chi connectivity index (χ2n) is 6.84. The summed E-state index contributed by atoms with van der Waals surface area (Å²) < 4.78 is 1.73. The first-order valence-electron chi connectivity index (χ1n) is 8.70. The smallest absolute Gasteiger partial charge is 0.166 e. The summed E-state index contributed by atoms with van der Waals surface area (Å²) in [5.74, 6) is 0.391. The maximum atomic E-state index is 12.7. The molecule has 0 amide bonds. The lowest BCUT2D eigenvalue weighted by atomic mass is 9.85. The van der Waals surface area contributed by atoms with Crippen LogP contribution in [0.25, 0.3) is 16.8 Å². The molecule has 0 bridgehead atoms. The van der Waals surface area contributed by atoms with E-state index in [0.29, 0.717) is 12.0 Å². The number of aromatic nitrogens is 3. The average Bonchev–Trinajstić information content (AvgIpc) is 3.31. The second-order valence-corrected chi connectivity index (χ2v) is 7.82. The highest BCUT2D eigenvalue weighted by Crippen LogP contribution is 2.35. The van der Waals surface area contributed by atoms with Crippen LogP contribution >= 0.6 is 11.3 Å². The Labute approximate surface area is 155 Å². The van der Waals surface area contributed by atoms with E-state index in [9.17, 15) is 4.79 Å². The van der Waals surface area contributed by atoms with Gasteiger partial charge in [0.1, 0.15) is 0 Å². The molecule has 1 aliphatic carbocycles. The Morgan fingerprint density at radius 3 is 2.73 bits per heavy atom. The third-order valence-corrected chi connectivity index (χ3v) is 6.09. The lowest BCUT2D eigenvalue weighted by Gasteiger charge is -2.22. The first kappa shape index (κ1) is 15.5. The van der Waals surface area contributed by atoms with Crippen molar-refractivity contribution in [3.63, 3.8) is 0 Å². The number of rotatable bonds is 2. The van der Waals surface area contributed by atoms with Gasteiger partial charge in [-0.05, 0) is 30.4 Å². The molecule has 4 aromatic rings. The molecule has 0 fully saturated rings. The molecule has 0 radical (unpaired) electrons. The summed E-state index contributed by atoms with van der Waals surface area (Å²) in [6.45, 7) is 2.07. The van der Waals surface area contributed by atoms with Gasteiger partial charge in [-0.1, -0.05) is 35.9 Å². The minimum Gasteiger partial charge on any atom is -0.294 e. The number of Topliss-reactive ketones (excluding diaryl/α,β-unsaturated/α-hetero) is 1. The zero-order valence-electron chi connectivity index (χ0n) is 14.3. The van der Waals surface area contributed by atoms with Crippen LogP contribution in [0.4, 0.5) is 0 Å². The number of fused-ring (bicyclic) bond motifs is 2. The number of carbonyl (C=O) groups is 1. The molecule has 5 rings (SSSR count). The Bertz CT molecular complexity index is 1110. The van der Waals surface area contributed by atoms with E-state index in [-0.39, 0.29) is 11.7 Å². The van der Waals surface area contributed by atoms with E-state index in [0.717, 1.165) is 28.9 Å². The van der Waals surface area contributed by atoms with E-state index in [4.69, 9.17) is 4.98 Å². The summed E-state index contributed by atoms with van der Waals surface area (Å²) in [5, 5.41) is 6.50. The van der Waals surface area contributed by atoms with E-state index < -0.39 is 0 Å². The van der Waals surface area contributed by atoms with Crippen molar-refractivity contribution in [1.82, 2.24) is 14.6 Å². The Morgan fingerprint density at radius 2 is 1.96 bits per heavy atom. The van der Waals surface area contributed by atoms with Crippen LogP contribution in [0.2, 0.25) is 0 Å². The van der Waals surface area contributed by atoms with Gasteiger partial charge in [-0.2, -0.15) is 5.10 Å². The van der Waals surface area contributed by atoms with Crippen LogP contribution in [0.15, 0.2) is 54.2 Å². The number of aryl methyl sites for hydroxylation is 1. The molecule has 5 heteroatoms. The maximum absolute atomic E-state index is 12.7. The number of nitrogens with zero attached hydrogens (tertiary/aromatic N) is 3. The molecule has 0 spiro atoms. The maximum Gasteiger partial charge on any atom is 0.166 e. The molecular weight excluding hydrogens is 342 g/mol. The van der Waals surface area contributed by atoms with Crippen molar-refractivity contribution in [3.8, 4) is 11.1 Å². The summed E-state index contributed by atoms with van der Waals surface area (Å²) in [4.78, 5) is 18.8. The lowest BCUT2D eigenvalue weighted by Crippen LogP contribution is -2.20. The molecule has 3 aromatic heterocycles. The van der Waals surface area contributed by atoms with Gasteiger partial charge in [0.2, 0.25) is 0 Å². The highest BCUT2D eigenvalue weighted by Gasteiger charge is 2.29. The molecule has 1 unspecified atom stereocenters. The van der Waals surface area contributed by atoms with Gasteiger partial charge in [-0.15, -0.1) is 11.3 Å². The summed E-state index contributed by atoms with van der Waals surface area (Å²) in [6.07, 6.45) is 5.03. The van der Waals surface area contributed by atoms with Crippen molar-refractivity contribution in [1.29, 1.82) is 0 Å². The molecule has 4 nitrogen and oxygen atoms in total. The standard InChI is InChI=1S/C21H17N3OS/c1-13-4-6-14(7-5-13)16-11-22-24-12-17-18(23-21(16)24)9-15(10-19(17)25)20-3-2-8-26-20/h2-8,11-12,15H,9-10H2,1H3. The molecule has 0 N–H and O–H groups in total. The number of hydrogen-bond acceptors (Lipinski definition) is 4. The average molecular weight is 359 g/mol. The summed E-state index contributed by atoms with van der Waals surface area (Å²) in [6, 6.07) is 12.5. The van der Waals surface area contributed by atoms with Gasteiger partial charge in [-0.25, -0.2) is 9.50 Å². The van der Waals surface area contributed by atoms with Crippen molar-refractivity contribution in [3.05, 3.63) is 75.9 Å². The Kier molecular flexibility index (Phi) is 3.50. The first-order chi connectivity index (χ1) is 12.7. The van der Waals surface area contributed by atoms with Gasteiger partial charge in [0, 0.05) is 29.0 Å². The van der Waals surface area contributed by atoms with Crippen LogP contribution < -0.4 is 0 Å². The van der Waals surface area contributed by atoms with Crippen molar-refractivity contribution < 1.29 is 4.79 Å². The fourth-order valence-corrected chi connectivity index (χ4v) is 4.47. The molecule has 1 aromatic carbocycles. The highest BCUT2D eigenvalue weighted by atomic mass is 32.1. The van der Waals surface area contributed by atoms with Gasteiger partial charge in [-0.3, -0.25) is 4.79 Å². The minimum absolute atomic E-state index is 0.159. The van der Waals surface area contributed by atoms with E-state index in [1.54, 1.807) is 15.9 Å². The molecule has 26 heavy (non-hydrogen) atoms.